The third-order valence-electron chi connectivity index (χ3n) is 5.03. The van der Waals surface area contributed by atoms with Crippen LogP contribution in [0.3, 0.4) is 0 Å². The lowest BCUT2D eigenvalue weighted by atomic mass is 9.90. The summed E-state index contributed by atoms with van der Waals surface area (Å²) in [6, 6.07) is 11.7. The molecule has 3 aromatic rings. The molecule has 2 nitrogen and oxygen atoms in total. The van der Waals surface area contributed by atoms with Crippen molar-refractivity contribution >= 4 is 11.6 Å². The number of halogens is 4. The second-order valence-corrected chi connectivity index (χ2v) is 7.29. The minimum atomic E-state index is -4.47. The van der Waals surface area contributed by atoms with E-state index in [1.54, 1.807) is 0 Å². The van der Waals surface area contributed by atoms with E-state index < -0.39 is 11.7 Å². The molecule has 1 aromatic heterocycles. The Bertz CT molecular complexity index is 972. The Hall–Kier alpha value is -2.27. The summed E-state index contributed by atoms with van der Waals surface area (Å²) in [7, 11) is 0. The van der Waals surface area contributed by atoms with Crippen molar-refractivity contribution in [2.24, 2.45) is 0 Å². The van der Waals surface area contributed by atoms with Crippen molar-refractivity contribution < 1.29 is 13.2 Å². The summed E-state index contributed by atoms with van der Waals surface area (Å²) in [6.07, 6.45) is -0.572. The number of benzene rings is 2. The maximum atomic E-state index is 13.0. The van der Waals surface area contributed by atoms with Gasteiger partial charge in [0.15, 0.2) is 0 Å². The van der Waals surface area contributed by atoms with E-state index in [1.807, 2.05) is 42.1 Å². The molecule has 3 rings (SSSR count). The van der Waals surface area contributed by atoms with Crippen molar-refractivity contribution in [2.45, 2.75) is 45.7 Å². The van der Waals surface area contributed by atoms with Gasteiger partial charge in [0.25, 0.3) is 0 Å². The highest BCUT2D eigenvalue weighted by atomic mass is 35.5. The molecule has 0 aliphatic carbocycles. The highest BCUT2D eigenvalue weighted by Crippen LogP contribution is 2.38. The van der Waals surface area contributed by atoms with Gasteiger partial charge in [-0.05, 0) is 66.6 Å². The van der Waals surface area contributed by atoms with Gasteiger partial charge in [0.1, 0.15) is 0 Å². The van der Waals surface area contributed by atoms with Crippen LogP contribution in [0.5, 0.6) is 0 Å². The van der Waals surface area contributed by atoms with E-state index in [4.69, 9.17) is 11.6 Å². The fourth-order valence-corrected chi connectivity index (χ4v) is 3.76. The Kier molecular flexibility index (Phi) is 5.84. The minimum absolute atomic E-state index is 0.300. The summed E-state index contributed by atoms with van der Waals surface area (Å²) in [5.74, 6) is 0.379. The maximum Gasteiger partial charge on any atom is 0.417 e. The standard InChI is InChI=1S/C22H22ClF3N2/c1-4-15(5-2)18-8-6-17(13-21(18)28-11-10-14(3)27-28)16-7-9-19(20(23)12-16)22(24,25)26/h6-13,15H,4-5H2,1-3H3. The van der Waals surface area contributed by atoms with E-state index in [-0.39, 0.29) is 5.02 Å². The molecule has 0 radical (unpaired) electrons. The van der Waals surface area contributed by atoms with Crippen LogP contribution >= 0.6 is 11.6 Å². The topological polar surface area (TPSA) is 17.8 Å². The molecule has 1 heterocycles. The van der Waals surface area contributed by atoms with Crippen LogP contribution in [0.15, 0.2) is 48.7 Å². The van der Waals surface area contributed by atoms with Crippen molar-refractivity contribution in [1.29, 1.82) is 0 Å². The van der Waals surface area contributed by atoms with Gasteiger partial charge in [-0.25, -0.2) is 4.68 Å². The fraction of sp³-hybridized carbons (Fsp3) is 0.318. The van der Waals surface area contributed by atoms with E-state index in [2.05, 4.69) is 18.9 Å². The summed E-state index contributed by atoms with van der Waals surface area (Å²) >= 11 is 5.91. The van der Waals surface area contributed by atoms with E-state index in [0.29, 0.717) is 11.5 Å². The number of aromatic nitrogens is 2. The zero-order valence-corrected chi connectivity index (χ0v) is 16.8. The molecule has 0 aliphatic rings. The minimum Gasteiger partial charge on any atom is -0.240 e. The van der Waals surface area contributed by atoms with E-state index >= 15 is 0 Å². The molecule has 0 saturated heterocycles. The molecule has 0 bridgehead atoms. The van der Waals surface area contributed by atoms with Crippen LogP contribution in [-0.2, 0) is 6.18 Å². The Morgan fingerprint density at radius 1 is 1.00 bits per heavy atom. The quantitative estimate of drug-likeness (QED) is 0.431. The number of rotatable bonds is 5. The molecule has 0 N–H and O–H groups in total. The van der Waals surface area contributed by atoms with Crippen LogP contribution in [0, 0.1) is 6.92 Å². The number of hydrogen-bond acceptors (Lipinski definition) is 1. The van der Waals surface area contributed by atoms with Crippen LogP contribution < -0.4 is 0 Å². The fourth-order valence-electron chi connectivity index (χ4n) is 3.47. The monoisotopic (exact) mass is 406 g/mol. The lowest BCUT2D eigenvalue weighted by Gasteiger charge is -2.19. The SMILES string of the molecule is CCC(CC)c1ccc(-c2ccc(C(F)(F)F)c(Cl)c2)cc1-n1ccc(C)n1. The van der Waals surface area contributed by atoms with Crippen LogP contribution in [0.2, 0.25) is 5.02 Å². The van der Waals surface area contributed by atoms with Crippen LogP contribution in [0.25, 0.3) is 16.8 Å². The number of aryl methyl sites for hydroxylation is 1. The van der Waals surface area contributed by atoms with Crippen molar-refractivity contribution in [2.75, 3.05) is 0 Å². The molecule has 148 valence electrons. The van der Waals surface area contributed by atoms with E-state index in [9.17, 15) is 13.2 Å². The highest BCUT2D eigenvalue weighted by Gasteiger charge is 2.33. The number of hydrogen-bond donors (Lipinski definition) is 0. The Morgan fingerprint density at radius 2 is 1.64 bits per heavy atom. The summed E-state index contributed by atoms with van der Waals surface area (Å²) in [4.78, 5) is 0. The Balaban J connectivity index is 2.12. The molecular weight excluding hydrogens is 385 g/mol. The molecule has 28 heavy (non-hydrogen) atoms. The summed E-state index contributed by atoms with van der Waals surface area (Å²) in [6.45, 7) is 6.22. The van der Waals surface area contributed by atoms with Crippen LogP contribution in [0.4, 0.5) is 13.2 Å². The summed E-state index contributed by atoms with van der Waals surface area (Å²) in [5.41, 5.74) is 3.63. The molecular formula is C22H22ClF3N2. The van der Waals surface area contributed by atoms with E-state index in [1.165, 1.54) is 17.7 Å². The third kappa shape index (κ3) is 4.09. The molecule has 0 atom stereocenters. The van der Waals surface area contributed by atoms with Crippen LogP contribution in [-0.4, -0.2) is 9.78 Å². The zero-order valence-electron chi connectivity index (χ0n) is 16.0. The van der Waals surface area contributed by atoms with Crippen LogP contribution in [0.1, 0.15) is 49.4 Å². The van der Waals surface area contributed by atoms with Gasteiger partial charge in [0, 0.05) is 6.20 Å². The first-order valence-electron chi connectivity index (χ1n) is 9.28. The van der Waals surface area contributed by atoms with Crippen molar-refractivity contribution in [1.82, 2.24) is 9.78 Å². The van der Waals surface area contributed by atoms with Crippen molar-refractivity contribution in [3.8, 4) is 16.8 Å². The largest absolute Gasteiger partial charge is 0.417 e. The smallest absolute Gasteiger partial charge is 0.240 e. The predicted molar refractivity (Wildman–Crippen MR) is 107 cm³/mol. The molecule has 0 spiro atoms. The second-order valence-electron chi connectivity index (χ2n) is 6.88. The first-order chi connectivity index (χ1) is 13.2. The zero-order chi connectivity index (χ0) is 20.5. The Labute approximate surface area is 168 Å². The lowest BCUT2D eigenvalue weighted by Crippen LogP contribution is -2.06. The van der Waals surface area contributed by atoms with Gasteiger partial charge in [-0.15, -0.1) is 0 Å². The van der Waals surface area contributed by atoms with Gasteiger partial charge in [-0.3, -0.25) is 0 Å². The van der Waals surface area contributed by atoms with Gasteiger partial charge in [0.2, 0.25) is 0 Å². The first-order valence-corrected chi connectivity index (χ1v) is 9.66. The summed E-state index contributed by atoms with van der Waals surface area (Å²) in [5, 5.41) is 4.23. The molecule has 0 unspecified atom stereocenters. The van der Waals surface area contributed by atoms with E-state index in [0.717, 1.165) is 35.9 Å². The molecule has 2 aromatic carbocycles. The van der Waals surface area contributed by atoms with Gasteiger partial charge < -0.3 is 0 Å². The highest BCUT2D eigenvalue weighted by molar-refractivity contribution is 6.31. The van der Waals surface area contributed by atoms with Gasteiger partial charge in [-0.1, -0.05) is 43.6 Å². The van der Waals surface area contributed by atoms with Gasteiger partial charge in [0.05, 0.1) is 22.0 Å². The van der Waals surface area contributed by atoms with Gasteiger partial charge in [-0.2, -0.15) is 18.3 Å². The number of alkyl halides is 3. The average Bonchev–Trinajstić information content (AvgIpc) is 3.08. The Morgan fingerprint density at radius 3 is 2.18 bits per heavy atom. The predicted octanol–water partition coefficient (Wildman–Crippen LogP) is 7.42. The molecule has 0 aliphatic heterocycles. The average molecular weight is 407 g/mol. The first kappa shape index (κ1) is 20.5. The molecule has 0 amide bonds. The maximum absolute atomic E-state index is 13.0. The molecule has 6 heteroatoms. The van der Waals surface area contributed by atoms with Gasteiger partial charge >= 0.3 is 6.18 Å². The summed E-state index contributed by atoms with van der Waals surface area (Å²) < 4.78 is 40.8. The lowest BCUT2D eigenvalue weighted by molar-refractivity contribution is -0.137. The van der Waals surface area contributed by atoms with Crippen molar-refractivity contribution in [3.05, 3.63) is 70.5 Å². The molecule has 0 saturated carbocycles. The second kappa shape index (κ2) is 8.00. The van der Waals surface area contributed by atoms with Crippen molar-refractivity contribution in [3.63, 3.8) is 0 Å². The molecule has 0 fully saturated rings. The normalized spacial score (nSPS) is 12.0. The third-order valence-corrected chi connectivity index (χ3v) is 5.35. The number of nitrogens with zero attached hydrogens (tertiary/aromatic N) is 2.